The van der Waals surface area contributed by atoms with Crippen LogP contribution in [0.25, 0.3) is 0 Å². The SMILES string of the molecule is COc1ccc(C2CCN(C)C(=O)O2)cc1OCC1(c2ccccc2)CC1. The van der Waals surface area contributed by atoms with Crippen molar-refractivity contribution in [3.8, 4) is 11.5 Å². The Labute approximate surface area is 159 Å². The van der Waals surface area contributed by atoms with Crippen LogP contribution in [-0.4, -0.2) is 38.3 Å². The molecule has 5 nitrogen and oxygen atoms in total. The summed E-state index contributed by atoms with van der Waals surface area (Å²) in [5.41, 5.74) is 2.36. The van der Waals surface area contributed by atoms with Gasteiger partial charge in [-0.05, 0) is 36.1 Å². The van der Waals surface area contributed by atoms with Gasteiger partial charge in [-0.2, -0.15) is 0 Å². The number of hydrogen-bond donors (Lipinski definition) is 0. The largest absolute Gasteiger partial charge is 0.493 e. The number of carbonyl (C=O) groups is 1. The molecule has 0 bridgehead atoms. The Balaban J connectivity index is 1.51. The lowest BCUT2D eigenvalue weighted by Gasteiger charge is -2.29. The summed E-state index contributed by atoms with van der Waals surface area (Å²) in [4.78, 5) is 13.4. The molecule has 1 aliphatic carbocycles. The van der Waals surface area contributed by atoms with Crippen molar-refractivity contribution in [2.45, 2.75) is 30.8 Å². The molecule has 5 heteroatoms. The lowest BCUT2D eigenvalue weighted by Crippen LogP contribution is -2.35. The van der Waals surface area contributed by atoms with Crippen LogP contribution in [0.2, 0.25) is 0 Å². The lowest BCUT2D eigenvalue weighted by molar-refractivity contribution is 0.0323. The van der Waals surface area contributed by atoms with Gasteiger partial charge in [0.2, 0.25) is 0 Å². The molecule has 1 saturated heterocycles. The summed E-state index contributed by atoms with van der Waals surface area (Å²) in [6.45, 7) is 1.30. The molecule has 142 valence electrons. The van der Waals surface area contributed by atoms with Crippen LogP contribution in [0.15, 0.2) is 48.5 Å². The van der Waals surface area contributed by atoms with Crippen molar-refractivity contribution in [2.24, 2.45) is 0 Å². The minimum Gasteiger partial charge on any atom is -0.493 e. The second kappa shape index (κ2) is 7.14. The number of carbonyl (C=O) groups excluding carboxylic acids is 1. The quantitative estimate of drug-likeness (QED) is 0.763. The predicted octanol–water partition coefficient (Wildman–Crippen LogP) is 4.32. The Morgan fingerprint density at radius 1 is 1.15 bits per heavy atom. The number of rotatable bonds is 6. The smallest absolute Gasteiger partial charge is 0.410 e. The molecule has 1 saturated carbocycles. The first-order valence-electron chi connectivity index (χ1n) is 9.39. The molecule has 0 radical (unpaired) electrons. The molecule has 27 heavy (non-hydrogen) atoms. The molecule has 0 N–H and O–H groups in total. The Bertz CT molecular complexity index is 816. The van der Waals surface area contributed by atoms with E-state index in [9.17, 15) is 4.79 Å². The number of nitrogens with zero attached hydrogens (tertiary/aromatic N) is 1. The van der Waals surface area contributed by atoms with Crippen LogP contribution in [0.1, 0.15) is 36.5 Å². The van der Waals surface area contributed by atoms with Gasteiger partial charge in [0.15, 0.2) is 11.5 Å². The van der Waals surface area contributed by atoms with Gasteiger partial charge >= 0.3 is 6.09 Å². The maximum atomic E-state index is 11.9. The Hall–Kier alpha value is -2.69. The monoisotopic (exact) mass is 367 g/mol. The van der Waals surface area contributed by atoms with Gasteiger partial charge in [0.25, 0.3) is 0 Å². The van der Waals surface area contributed by atoms with E-state index in [4.69, 9.17) is 14.2 Å². The van der Waals surface area contributed by atoms with Gasteiger partial charge in [-0.3, -0.25) is 0 Å². The molecule has 2 aliphatic rings. The first-order chi connectivity index (χ1) is 13.1. The molecule has 1 atom stereocenters. The minimum absolute atomic E-state index is 0.0995. The number of ether oxygens (including phenoxy) is 3. The van der Waals surface area contributed by atoms with Crippen LogP contribution in [0.5, 0.6) is 11.5 Å². The van der Waals surface area contributed by atoms with Gasteiger partial charge in [-0.15, -0.1) is 0 Å². The zero-order valence-electron chi connectivity index (χ0n) is 15.8. The fourth-order valence-electron chi connectivity index (χ4n) is 3.59. The normalized spacial score (nSPS) is 20.7. The lowest BCUT2D eigenvalue weighted by atomic mass is 9.97. The van der Waals surface area contributed by atoms with Crippen LogP contribution in [0, 0.1) is 0 Å². The highest BCUT2D eigenvalue weighted by Crippen LogP contribution is 2.49. The van der Waals surface area contributed by atoms with Crippen molar-refractivity contribution < 1.29 is 19.0 Å². The van der Waals surface area contributed by atoms with Gasteiger partial charge in [-0.1, -0.05) is 36.4 Å². The molecular formula is C22H25NO4. The summed E-state index contributed by atoms with van der Waals surface area (Å²) in [5.74, 6) is 1.40. The molecule has 1 heterocycles. The van der Waals surface area contributed by atoms with Crippen LogP contribution in [0.3, 0.4) is 0 Å². The van der Waals surface area contributed by atoms with Crippen molar-refractivity contribution in [1.29, 1.82) is 0 Å². The van der Waals surface area contributed by atoms with Gasteiger partial charge in [0.05, 0.1) is 13.7 Å². The van der Waals surface area contributed by atoms with E-state index in [-0.39, 0.29) is 17.6 Å². The van der Waals surface area contributed by atoms with E-state index < -0.39 is 0 Å². The number of cyclic esters (lactones) is 1. The second-order valence-corrected chi connectivity index (χ2v) is 7.43. The van der Waals surface area contributed by atoms with E-state index >= 15 is 0 Å². The van der Waals surface area contributed by atoms with E-state index in [2.05, 4.69) is 24.3 Å². The Kier molecular flexibility index (Phi) is 4.68. The summed E-state index contributed by atoms with van der Waals surface area (Å²) in [5, 5.41) is 0. The Morgan fingerprint density at radius 3 is 2.59 bits per heavy atom. The van der Waals surface area contributed by atoms with Crippen molar-refractivity contribution in [3.05, 3.63) is 59.7 Å². The predicted molar refractivity (Wildman–Crippen MR) is 102 cm³/mol. The maximum Gasteiger partial charge on any atom is 0.410 e. The molecular weight excluding hydrogens is 342 g/mol. The van der Waals surface area contributed by atoms with Crippen LogP contribution in [-0.2, 0) is 10.2 Å². The van der Waals surface area contributed by atoms with Gasteiger partial charge < -0.3 is 19.1 Å². The van der Waals surface area contributed by atoms with Crippen molar-refractivity contribution in [3.63, 3.8) is 0 Å². The van der Waals surface area contributed by atoms with E-state index in [0.717, 1.165) is 24.8 Å². The van der Waals surface area contributed by atoms with Crippen molar-refractivity contribution >= 4 is 6.09 Å². The van der Waals surface area contributed by atoms with E-state index in [1.54, 1.807) is 19.1 Å². The molecule has 2 aromatic carbocycles. The zero-order valence-corrected chi connectivity index (χ0v) is 15.8. The number of benzene rings is 2. The summed E-state index contributed by atoms with van der Waals surface area (Å²) in [6, 6.07) is 16.3. The molecule has 1 aliphatic heterocycles. The molecule has 2 aromatic rings. The first-order valence-corrected chi connectivity index (χ1v) is 9.39. The van der Waals surface area contributed by atoms with Gasteiger partial charge in [0, 0.05) is 25.4 Å². The summed E-state index contributed by atoms with van der Waals surface area (Å²) < 4.78 is 17.2. The fraction of sp³-hybridized carbons (Fsp3) is 0.409. The molecule has 1 unspecified atom stereocenters. The number of hydrogen-bond acceptors (Lipinski definition) is 4. The van der Waals surface area contributed by atoms with Crippen LogP contribution >= 0.6 is 0 Å². The third kappa shape index (κ3) is 3.59. The highest BCUT2D eigenvalue weighted by atomic mass is 16.6. The zero-order chi connectivity index (χ0) is 18.9. The highest BCUT2D eigenvalue weighted by Gasteiger charge is 2.45. The number of amides is 1. The van der Waals surface area contributed by atoms with E-state index in [1.807, 2.05) is 24.3 Å². The maximum absolute atomic E-state index is 11.9. The first kappa shape index (κ1) is 17.7. The Morgan fingerprint density at radius 2 is 1.93 bits per heavy atom. The van der Waals surface area contributed by atoms with E-state index in [1.165, 1.54) is 5.56 Å². The van der Waals surface area contributed by atoms with Crippen molar-refractivity contribution in [1.82, 2.24) is 4.90 Å². The molecule has 4 rings (SSSR count). The van der Waals surface area contributed by atoms with Crippen molar-refractivity contribution in [2.75, 3.05) is 27.3 Å². The van der Waals surface area contributed by atoms with Crippen LogP contribution < -0.4 is 9.47 Å². The van der Waals surface area contributed by atoms with Gasteiger partial charge in [0.1, 0.15) is 6.10 Å². The molecule has 1 amide bonds. The topological polar surface area (TPSA) is 48.0 Å². The third-order valence-corrected chi connectivity index (χ3v) is 5.58. The average molecular weight is 367 g/mol. The standard InChI is InChI=1S/C22H25NO4/c1-23-13-10-18(27-21(23)24)16-8-9-19(25-2)20(14-16)26-15-22(11-12-22)17-6-4-3-5-7-17/h3-9,14,18H,10-13,15H2,1-2H3. The number of methoxy groups -OCH3 is 1. The van der Waals surface area contributed by atoms with Crippen LogP contribution in [0.4, 0.5) is 4.79 Å². The molecule has 0 aromatic heterocycles. The third-order valence-electron chi connectivity index (χ3n) is 5.58. The molecule has 2 fully saturated rings. The summed E-state index contributed by atoms with van der Waals surface area (Å²) in [6.07, 6.45) is 2.50. The van der Waals surface area contributed by atoms with Gasteiger partial charge in [-0.25, -0.2) is 4.79 Å². The fourth-order valence-corrected chi connectivity index (χ4v) is 3.59. The molecule has 0 spiro atoms. The minimum atomic E-state index is -0.287. The highest BCUT2D eigenvalue weighted by molar-refractivity contribution is 5.68. The van der Waals surface area contributed by atoms with E-state index in [0.29, 0.717) is 24.7 Å². The average Bonchev–Trinajstić information content (AvgIpc) is 3.50. The second-order valence-electron chi connectivity index (χ2n) is 7.43. The summed E-state index contributed by atoms with van der Waals surface area (Å²) >= 11 is 0. The summed E-state index contributed by atoms with van der Waals surface area (Å²) in [7, 11) is 3.39.